The number of carbonyl (C=O) groups is 1. The Hall–Kier alpha value is -1.56. The van der Waals surface area contributed by atoms with Crippen LogP contribution in [0.25, 0.3) is 0 Å². The topological polar surface area (TPSA) is 83.5 Å². The number of phenolic OH excluding ortho intramolecular Hbond substituents is 1. The lowest BCUT2D eigenvalue weighted by atomic mass is 10.3. The predicted molar refractivity (Wildman–Crippen MR) is 48.8 cm³/mol. The van der Waals surface area contributed by atoms with E-state index in [1.165, 1.54) is 12.1 Å². The van der Waals surface area contributed by atoms with E-state index in [4.69, 9.17) is 5.11 Å². The van der Waals surface area contributed by atoms with Gasteiger partial charge in [-0.3, -0.25) is 4.79 Å². The molecule has 0 unspecified atom stereocenters. The molecule has 1 heterocycles. The van der Waals surface area contributed by atoms with Crippen molar-refractivity contribution in [1.29, 1.82) is 0 Å². The van der Waals surface area contributed by atoms with Crippen LogP contribution in [0, 0.1) is 0 Å². The number of phenols is 1. The molecule has 5 nitrogen and oxygen atoms in total. The number of hydrogen-bond donors (Lipinski definition) is 2. The van der Waals surface area contributed by atoms with Crippen LogP contribution in [-0.2, 0) is 14.6 Å². The maximum atomic E-state index is 11.5. The van der Waals surface area contributed by atoms with Crippen LogP contribution in [0.4, 0.5) is 5.69 Å². The fourth-order valence-corrected chi connectivity index (χ4v) is 2.64. The standard InChI is InChI=1S/C8H7NO4S/c10-5-1-2-6-7(3-5)14(12,13)4-8(11)9-6/h1-3,10H,4H2,(H,9,11). The summed E-state index contributed by atoms with van der Waals surface area (Å²) in [5, 5.41) is 11.5. The number of amides is 1. The lowest BCUT2D eigenvalue weighted by Gasteiger charge is -2.16. The third-order valence-corrected chi connectivity index (χ3v) is 3.55. The molecular weight excluding hydrogens is 206 g/mol. The summed E-state index contributed by atoms with van der Waals surface area (Å²) in [5.74, 6) is -1.25. The Kier molecular flexibility index (Phi) is 1.75. The number of sulfone groups is 1. The van der Waals surface area contributed by atoms with E-state index in [0.717, 1.165) is 6.07 Å². The molecular formula is C8H7NO4S. The van der Waals surface area contributed by atoms with Gasteiger partial charge in [-0.25, -0.2) is 8.42 Å². The van der Waals surface area contributed by atoms with Crippen LogP contribution in [0.1, 0.15) is 0 Å². The van der Waals surface area contributed by atoms with Gasteiger partial charge in [-0.1, -0.05) is 0 Å². The molecule has 0 atom stereocenters. The SMILES string of the molecule is O=C1CS(=O)(=O)c2cc(O)ccc2N1. The van der Waals surface area contributed by atoms with E-state index in [-0.39, 0.29) is 16.3 Å². The monoisotopic (exact) mass is 213 g/mol. The van der Waals surface area contributed by atoms with E-state index in [1.54, 1.807) is 0 Å². The largest absolute Gasteiger partial charge is 0.508 e. The van der Waals surface area contributed by atoms with Gasteiger partial charge in [0, 0.05) is 6.07 Å². The van der Waals surface area contributed by atoms with Gasteiger partial charge in [0.2, 0.25) is 5.91 Å². The van der Waals surface area contributed by atoms with Crippen LogP contribution in [0.15, 0.2) is 23.1 Å². The Bertz CT molecular complexity index is 506. The molecule has 0 aliphatic carbocycles. The fraction of sp³-hybridized carbons (Fsp3) is 0.125. The van der Waals surface area contributed by atoms with Crippen molar-refractivity contribution in [3.8, 4) is 5.75 Å². The van der Waals surface area contributed by atoms with E-state index in [2.05, 4.69) is 5.32 Å². The van der Waals surface area contributed by atoms with Crippen molar-refractivity contribution in [3.05, 3.63) is 18.2 Å². The van der Waals surface area contributed by atoms with Crippen LogP contribution in [0.5, 0.6) is 5.75 Å². The highest BCUT2D eigenvalue weighted by molar-refractivity contribution is 7.92. The Morgan fingerprint density at radius 2 is 2.07 bits per heavy atom. The first-order chi connectivity index (χ1) is 6.49. The summed E-state index contributed by atoms with van der Waals surface area (Å²) in [4.78, 5) is 10.9. The van der Waals surface area contributed by atoms with Crippen molar-refractivity contribution in [2.75, 3.05) is 11.1 Å². The molecule has 1 amide bonds. The summed E-state index contributed by atoms with van der Waals surface area (Å²) in [5.41, 5.74) is 0.221. The second-order valence-electron chi connectivity index (χ2n) is 2.99. The van der Waals surface area contributed by atoms with E-state index < -0.39 is 21.5 Å². The lowest BCUT2D eigenvalue weighted by Crippen LogP contribution is -2.29. The third kappa shape index (κ3) is 1.33. The van der Waals surface area contributed by atoms with Gasteiger partial charge in [0.1, 0.15) is 11.5 Å². The summed E-state index contributed by atoms with van der Waals surface area (Å²) in [6, 6.07) is 3.81. The van der Waals surface area contributed by atoms with Crippen LogP contribution < -0.4 is 5.32 Å². The average Bonchev–Trinajstić information content (AvgIpc) is 2.05. The van der Waals surface area contributed by atoms with Crippen molar-refractivity contribution in [2.45, 2.75) is 4.90 Å². The van der Waals surface area contributed by atoms with Crippen LogP contribution in [-0.4, -0.2) is 25.2 Å². The van der Waals surface area contributed by atoms with E-state index in [0.29, 0.717) is 0 Å². The molecule has 0 fully saturated rings. The van der Waals surface area contributed by atoms with Crippen LogP contribution in [0.3, 0.4) is 0 Å². The number of anilines is 1. The minimum Gasteiger partial charge on any atom is -0.508 e. The summed E-state index contributed by atoms with van der Waals surface area (Å²) in [6.45, 7) is 0. The van der Waals surface area contributed by atoms with Gasteiger partial charge in [-0.2, -0.15) is 0 Å². The van der Waals surface area contributed by atoms with Gasteiger partial charge in [0.15, 0.2) is 9.84 Å². The summed E-state index contributed by atoms with van der Waals surface area (Å²) in [7, 11) is -3.59. The Balaban J connectivity index is 2.71. The first kappa shape index (κ1) is 9.01. The van der Waals surface area contributed by atoms with Gasteiger partial charge < -0.3 is 10.4 Å². The van der Waals surface area contributed by atoms with E-state index in [9.17, 15) is 13.2 Å². The minimum absolute atomic E-state index is 0.0305. The number of carbonyl (C=O) groups excluding carboxylic acids is 1. The van der Waals surface area contributed by atoms with Gasteiger partial charge in [-0.05, 0) is 12.1 Å². The normalized spacial score (nSPS) is 18.4. The quantitative estimate of drug-likeness (QED) is 0.599. The molecule has 0 saturated carbocycles. The lowest BCUT2D eigenvalue weighted by molar-refractivity contribution is -0.114. The van der Waals surface area contributed by atoms with Gasteiger partial charge in [-0.15, -0.1) is 0 Å². The molecule has 0 spiro atoms. The van der Waals surface area contributed by atoms with Gasteiger partial charge in [0.25, 0.3) is 0 Å². The van der Waals surface area contributed by atoms with Crippen molar-refractivity contribution in [2.24, 2.45) is 0 Å². The van der Waals surface area contributed by atoms with Crippen molar-refractivity contribution < 1.29 is 18.3 Å². The molecule has 1 aliphatic heterocycles. The molecule has 0 saturated heterocycles. The number of hydrogen-bond acceptors (Lipinski definition) is 4. The third-order valence-electron chi connectivity index (χ3n) is 1.90. The molecule has 6 heteroatoms. The number of benzene rings is 1. The second kappa shape index (κ2) is 2.71. The Morgan fingerprint density at radius 3 is 2.79 bits per heavy atom. The minimum atomic E-state index is -3.59. The van der Waals surface area contributed by atoms with Crippen LogP contribution >= 0.6 is 0 Å². The van der Waals surface area contributed by atoms with Crippen molar-refractivity contribution in [1.82, 2.24) is 0 Å². The molecule has 0 bridgehead atoms. The summed E-state index contributed by atoms with van der Waals surface area (Å²) in [6.07, 6.45) is 0. The molecule has 74 valence electrons. The zero-order chi connectivity index (χ0) is 10.3. The predicted octanol–water partition coefficient (Wildman–Crippen LogP) is 0.118. The molecule has 1 aliphatic rings. The second-order valence-corrected chi connectivity index (χ2v) is 4.95. The highest BCUT2D eigenvalue weighted by Crippen LogP contribution is 2.29. The first-order valence-corrected chi connectivity index (χ1v) is 5.50. The average molecular weight is 213 g/mol. The molecule has 14 heavy (non-hydrogen) atoms. The maximum absolute atomic E-state index is 11.5. The van der Waals surface area contributed by atoms with E-state index in [1.807, 2.05) is 0 Å². The highest BCUT2D eigenvalue weighted by atomic mass is 32.2. The molecule has 1 aromatic carbocycles. The smallest absolute Gasteiger partial charge is 0.239 e. The maximum Gasteiger partial charge on any atom is 0.239 e. The zero-order valence-corrected chi connectivity index (χ0v) is 7.84. The van der Waals surface area contributed by atoms with E-state index >= 15 is 0 Å². The number of fused-ring (bicyclic) bond motifs is 1. The zero-order valence-electron chi connectivity index (χ0n) is 7.02. The first-order valence-electron chi connectivity index (χ1n) is 3.85. The van der Waals surface area contributed by atoms with Gasteiger partial charge >= 0.3 is 0 Å². The Morgan fingerprint density at radius 1 is 1.36 bits per heavy atom. The van der Waals surface area contributed by atoms with Crippen LogP contribution in [0.2, 0.25) is 0 Å². The number of rotatable bonds is 0. The Labute approximate surface area is 80.3 Å². The number of nitrogens with one attached hydrogen (secondary N) is 1. The summed E-state index contributed by atoms with van der Waals surface area (Å²) < 4.78 is 22.9. The molecule has 0 radical (unpaired) electrons. The molecule has 0 aromatic heterocycles. The highest BCUT2D eigenvalue weighted by Gasteiger charge is 2.28. The molecule has 2 N–H and O–H groups in total. The van der Waals surface area contributed by atoms with Crippen molar-refractivity contribution in [3.63, 3.8) is 0 Å². The van der Waals surface area contributed by atoms with Crippen molar-refractivity contribution >= 4 is 21.4 Å². The fourth-order valence-electron chi connectivity index (χ4n) is 1.31. The summed E-state index contributed by atoms with van der Waals surface area (Å²) >= 11 is 0. The molecule has 1 aromatic rings. The number of aromatic hydroxyl groups is 1. The van der Waals surface area contributed by atoms with Gasteiger partial charge in [0.05, 0.1) is 10.6 Å². The molecule has 2 rings (SSSR count).